The summed E-state index contributed by atoms with van der Waals surface area (Å²) in [7, 11) is -0.189. The molecule has 0 bridgehead atoms. The van der Waals surface area contributed by atoms with Crippen molar-refractivity contribution >= 4 is 15.9 Å². The lowest BCUT2D eigenvalue weighted by Gasteiger charge is -2.31. The average molecular weight is 531 g/mol. The fraction of sp³-hybridized carbons (Fsp3) is 0.344. The number of amides is 1. The van der Waals surface area contributed by atoms with Crippen LogP contribution in [0.5, 0.6) is 0 Å². The van der Waals surface area contributed by atoms with Crippen LogP contribution < -0.4 is 5.32 Å². The summed E-state index contributed by atoms with van der Waals surface area (Å²) in [5.41, 5.74) is 3.03. The molecule has 3 aromatic carbocycles. The van der Waals surface area contributed by atoms with E-state index in [-0.39, 0.29) is 11.8 Å². The molecule has 0 saturated heterocycles. The van der Waals surface area contributed by atoms with Gasteiger partial charge in [0, 0.05) is 20.6 Å². The summed E-state index contributed by atoms with van der Waals surface area (Å²) in [6.07, 6.45) is 7.25. The third-order valence-corrected chi connectivity index (χ3v) is 9.72. The summed E-state index contributed by atoms with van der Waals surface area (Å²) in [5.74, 6) is 0.134. The topological polar surface area (TPSA) is 66.5 Å². The van der Waals surface area contributed by atoms with E-state index in [1.807, 2.05) is 42.5 Å². The maximum absolute atomic E-state index is 13.2. The number of hydrogen-bond donors (Lipinski definition) is 1. The lowest BCUT2D eigenvalue weighted by Crippen LogP contribution is -2.42. The maximum atomic E-state index is 13.2. The van der Waals surface area contributed by atoms with Crippen molar-refractivity contribution in [2.45, 2.75) is 54.8 Å². The standard InChI is InChI=1S/C32H38N2O3S/c1-33-31(35)32(29-16-8-4-9-17-29)23-12-13-26(22-24-32)20-21-28(27-14-6-3-7-15-27)25-34(2)38(36,37)30-18-10-5-11-19-30/h3-11,13-19,28H,12,20-25H2,1-2H3,(H,33,35). The molecule has 6 heteroatoms. The molecule has 2 atom stereocenters. The normalized spacial score (nSPS) is 18.9. The molecule has 1 amide bonds. The third kappa shape index (κ3) is 6.25. The second-order valence-electron chi connectivity index (χ2n) is 10.2. The van der Waals surface area contributed by atoms with E-state index in [9.17, 15) is 13.2 Å². The van der Waals surface area contributed by atoms with Gasteiger partial charge in [-0.2, -0.15) is 0 Å². The lowest BCUT2D eigenvalue weighted by atomic mass is 9.73. The van der Waals surface area contributed by atoms with Crippen molar-refractivity contribution in [2.75, 3.05) is 20.6 Å². The van der Waals surface area contributed by atoms with Crippen LogP contribution in [0.15, 0.2) is 108 Å². The predicted octanol–water partition coefficient (Wildman–Crippen LogP) is 6.06. The molecule has 0 radical (unpaired) electrons. The fourth-order valence-electron chi connectivity index (χ4n) is 5.62. The molecule has 5 nitrogen and oxygen atoms in total. The van der Waals surface area contributed by atoms with Crippen LogP contribution in [0.2, 0.25) is 0 Å². The van der Waals surface area contributed by atoms with Gasteiger partial charge in [0.15, 0.2) is 0 Å². The van der Waals surface area contributed by atoms with Crippen molar-refractivity contribution in [2.24, 2.45) is 0 Å². The van der Waals surface area contributed by atoms with Gasteiger partial charge >= 0.3 is 0 Å². The van der Waals surface area contributed by atoms with Crippen molar-refractivity contribution in [3.05, 3.63) is 114 Å². The Bertz CT molecular complexity index is 1320. The number of carbonyl (C=O) groups is 1. The number of likely N-dealkylation sites (N-methyl/N-ethyl adjacent to an activating group) is 2. The molecule has 1 aliphatic rings. The predicted molar refractivity (Wildman–Crippen MR) is 153 cm³/mol. The van der Waals surface area contributed by atoms with Crippen LogP contribution in [0.25, 0.3) is 0 Å². The van der Waals surface area contributed by atoms with Gasteiger partial charge in [0.1, 0.15) is 0 Å². The first-order chi connectivity index (χ1) is 18.4. The maximum Gasteiger partial charge on any atom is 0.242 e. The molecule has 1 aliphatic carbocycles. The minimum atomic E-state index is -3.58. The first-order valence-corrected chi connectivity index (χ1v) is 14.8. The van der Waals surface area contributed by atoms with Crippen LogP contribution in [-0.2, 0) is 20.2 Å². The highest BCUT2D eigenvalue weighted by Gasteiger charge is 2.39. The molecule has 2 unspecified atom stereocenters. The largest absolute Gasteiger partial charge is 0.358 e. The molecule has 0 saturated carbocycles. The summed E-state index contributed by atoms with van der Waals surface area (Å²) in [4.78, 5) is 13.4. The Labute approximate surface area is 227 Å². The molecular weight excluding hydrogens is 492 g/mol. The van der Waals surface area contributed by atoms with Gasteiger partial charge in [0.25, 0.3) is 0 Å². The number of sulfonamides is 1. The monoisotopic (exact) mass is 530 g/mol. The zero-order chi connectivity index (χ0) is 27.0. The van der Waals surface area contributed by atoms with Crippen molar-refractivity contribution in [1.29, 1.82) is 0 Å². The smallest absolute Gasteiger partial charge is 0.242 e. The minimum absolute atomic E-state index is 0.0571. The Kier molecular flexibility index (Phi) is 9.18. The van der Waals surface area contributed by atoms with Crippen LogP contribution in [0.4, 0.5) is 0 Å². The second-order valence-corrected chi connectivity index (χ2v) is 12.2. The first-order valence-electron chi connectivity index (χ1n) is 13.4. The molecule has 200 valence electrons. The summed E-state index contributed by atoms with van der Waals surface area (Å²) in [5, 5.41) is 2.91. The molecule has 0 spiro atoms. The van der Waals surface area contributed by atoms with E-state index in [4.69, 9.17) is 0 Å². The SMILES string of the molecule is CNC(=O)C1(c2ccccc2)CCC=C(CCC(CN(C)S(=O)(=O)c2ccccc2)c2ccccc2)CC1. The van der Waals surface area contributed by atoms with Crippen LogP contribution in [0.3, 0.4) is 0 Å². The van der Waals surface area contributed by atoms with Gasteiger partial charge in [-0.3, -0.25) is 4.79 Å². The lowest BCUT2D eigenvalue weighted by molar-refractivity contribution is -0.126. The number of rotatable bonds is 10. The van der Waals surface area contributed by atoms with E-state index in [0.29, 0.717) is 11.4 Å². The number of allylic oxidation sites excluding steroid dienone is 2. The zero-order valence-corrected chi connectivity index (χ0v) is 23.2. The van der Waals surface area contributed by atoms with Crippen molar-refractivity contribution < 1.29 is 13.2 Å². The molecule has 0 heterocycles. The van der Waals surface area contributed by atoms with Gasteiger partial charge in [-0.15, -0.1) is 0 Å². The summed E-state index contributed by atoms with van der Waals surface area (Å²) in [6, 6.07) is 28.9. The van der Waals surface area contributed by atoms with E-state index in [0.717, 1.165) is 49.7 Å². The third-order valence-electron chi connectivity index (χ3n) is 7.88. The highest BCUT2D eigenvalue weighted by molar-refractivity contribution is 7.89. The van der Waals surface area contributed by atoms with Gasteiger partial charge in [-0.05, 0) is 67.7 Å². The van der Waals surface area contributed by atoms with Crippen LogP contribution >= 0.6 is 0 Å². The van der Waals surface area contributed by atoms with E-state index >= 15 is 0 Å². The summed E-state index contributed by atoms with van der Waals surface area (Å²) < 4.78 is 27.9. The molecule has 1 N–H and O–H groups in total. The molecule has 38 heavy (non-hydrogen) atoms. The van der Waals surface area contributed by atoms with Crippen molar-refractivity contribution in [1.82, 2.24) is 9.62 Å². The van der Waals surface area contributed by atoms with Gasteiger partial charge in [-0.1, -0.05) is 90.5 Å². The number of benzene rings is 3. The Morgan fingerprint density at radius 1 is 0.921 bits per heavy atom. The Morgan fingerprint density at radius 3 is 2.16 bits per heavy atom. The van der Waals surface area contributed by atoms with E-state index in [1.54, 1.807) is 38.4 Å². The highest BCUT2D eigenvalue weighted by atomic mass is 32.2. The molecule has 4 rings (SSSR count). The molecule has 0 aromatic heterocycles. The molecule has 3 aromatic rings. The van der Waals surface area contributed by atoms with E-state index in [2.05, 4.69) is 35.7 Å². The fourth-order valence-corrected chi connectivity index (χ4v) is 6.86. The number of carbonyl (C=O) groups excluding carboxylic acids is 1. The summed E-state index contributed by atoms with van der Waals surface area (Å²) in [6.45, 7) is 0.403. The molecular formula is C32H38N2O3S. The Balaban J connectivity index is 1.49. The first kappa shape index (κ1) is 27.8. The van der Waals surface area contributed by atoms with E-state index in [1.165, 1.54) is 9.88 Å². The van der Waals surface area contributed by atoms with Gasteiger partial charge in [-0.25, -0.2) is 12.7 Å². The average Bonchev–Trinajstić information content (AvgIpc) is 3.19. The van der Waals surface area contributed by atoms with Gasteiger partial charge in [0.2, 0.25) is 15.9 Å². The molecule has 0 aliphatic heterocycles. The van der Waals surface area contributed by atoms with E-state index < -0.39 is 15.4 Å². The van der Waals surface area contributed by atoms with Gasteiger partial charge < -0.3 is 5.32 Å². The zero-order valence-electron chi connectivity index (χ0n) is 22.3. The molecule has 0 fully saturated rings. The minimum Gasteiger partial charge on any atom is -0.358 e. The Hall–Kier alpha value is -3.22. The van der Waals surface area contributed by atoms with Crippen LogP contribution in [0.1, 0.15) is 55.6 Å². The number of hydrogen-bond acceptors (Lipinski definition) is 3. The number of nitrogens with zero attached hydrogens (tertiary/aromatic N) is 1. The summed E-state index contributed by atoms with van der Waals surface area (Å²) >= 11 is 0. The second kappa shape index (κ2) is 12.5. The highest BCUT2D eigenvalue weighted by Crippen LogP contribution is 2.40. The van der Waals surface area contributed by atoms with Crippen LogP contribution in [-0.4, -0.2) is 39.3 Å². The van der Waals surface area contributed by atoms with Crippen molar-refractivity contribution in [3.63, 3.8) is 0 Å². The van der Waals surface area contributed by atoms with Crippen molar-refractivity contribution in [3.8, 4) is 0 Å². The van der Waals surface area contributed by atoms with Gasteiger partial charge in [0.05, 0.1) is 10.3 Å². The quantitative estimate of drug-likeness (QED) is 0.324. The number of nitrogens with one attached hydrogen (secondary N) is 1. The Morgan fingerprint density at radius 2 is 1.53 bits per heavy atom. The van der Waals surface area contributed by atoms with Crippen LogP contribution in [0, 0.1) is 0 Å².